The fourth-order valence-electron chi connectivity index (χ4n) is 2.33. The lowest BCUT2D eigenvalue weighted by Gasteiger charge is -2.17. The third kappa shape index (κ3) is 5.36. The van der Waals surface area contributed by atoms with Gasteiger partial charge in [0.2, 0.25) is 11.8 Å². The van der Waals surface area contributed by atoms with Crippen molar-refractivity contribution in [3.8, 4) is 0 Å². The molecule has 1 rings (SSSR count). The number of likely N-dealkylation sites (tertiary alicyclic amines) is 1. The molecule has 1 unspecified atom stereocenters. The second kappa shape index (κ2) is 8.09. The van der Waals surface area contributed by atoms with Gasteiger partial charge < -0.3 is 15.3 Å². The van der Waals surface area contributed by atoms with Crippen LogP contribution >= 0.6 is 11.6 Å². The Morgan fingerprint density at radius 1 is 1.50 bits per heavy atom. The van der Waals surface area contributed by atoms with Gasteiger partial charge in [-0.1, -0.05) is 0 Å². The molecule has 0 bridgehead atoms. The molecule has 0 radical (unpaired) electrons. The average molecular weight is 305 g/mol. The van der Waals surface area contributed by atoms with Crippen molar-refractivity contribution in [2.75, 3.05) is 19.0 Å². The number of carbonyl (C=O) groups is 3. The Balaban J connectivity index is 2.25. The summed E-state index contributed by atoms with van der Waals surface area (Å²) in [6.45, 7) is 2.61. The Bertz CT molecular complexity index is 375. The molecular formula is C13H21ClN2O4. The molecule has 1 aliphatic rings. The summed E-state index contributed by atoms with van der Waals surface area (Å²) in [5.74, 6) is -0.536. The number of rotatable bonds is 8. The summed E-state index contributed by atoms with van der Waals surface area (Å²) >= 11 is 5.74. The van der Waals surface area contributed by atoms with Crippen LogP contribution in [0, 0.1) is 5.92 Å². The van der Waals surface area contributed by atoms with Gasteiger partial charge in [0.1, 0.15) is 6.04 Å². The van der Waals surface area contributed by atoms with Gasteiger partial charge in [0.25, 0.3) is 0 Å². The van der Waals surface area contributed by atoms with Crippen molar-refractivity contribution in [1.82, 2.24) is 10.2 Å². The van der Waals surface area contributed by atoms with Crippen LogP contribution in [0.1, 0.15) is 32.6 Å². The van der Waals surface area contributed by atoms with E-state index in [0.29, 0.717) is 38.2 Å². The highest BCUT2D eigenvalue weighted by Gasteiger charge is 2.28. The number of carboxylic acid groups (broad SMARTS) is 1. The Morgan fingerprint density at radius 2 is 2.20 bits per heavy atom. The molecule has 0 saturated carbocycles. The first kappa shape index (κ1) is 16.8. The van der Waals surface area contributed by atoms with Crippen LogP contribution in [0.3, 0.4) is 0 Å². The van der Waals surface area contributed by atoms with Crippen molar-refractivity contribution in [2.24, 2.45) is 5.92 Å². The van der Waals surface area contributed by atoms with Gasteiger partial charge in [-0.05, 0) is 25.2 Å². The van der Waals surface area contributed by atoms with Crippen LogP contribution in [0.4, 0.5) is 0 Å². The van der Waals surface area contributed by atoms with Crippen molar-refractivity contribution in [3.05, 3.63) is 0 Å². The van der Waals surface area contributed by atoms with E-state index >= 15 is 0 Å². The molecular weight excluding hydrogens is 284 g/mol. The van der Waals surface area contributed by atoms with Gasteiger partial charge in [0.05, 0.1) is 0 Å². The predicted molar refractivity (Wildman–Crippen MR) is 74.5 cm³/mol. The number of nitrogens with one attached hydrogen (secondary N) is 1. The summed E-state index contributed by atoms with van der Waals surface area (Å²) in [6, 6.07) is -0.850. The molecule has 20 heavy (non-hydrogen) atoms. The summed E-state index contributed by atoms with van der Waals surface area (Å²) in [4.78, 5) is 35.2. The van der Waals surface area contributed by atoms with Gasteiger partial charge in [-0.25, -0.2) is 4.79 Å². The first-order valence-electron chi connectivity index (χ1n) is 6.77. The van der Waals surface area contributed by atoms with Gasteiger partial charge in [0.15, 0.2) is 0 Å². The number of carboxylic acids is 1. The van der Waals surface area contributed by atoms with E-state index in [1.54, 1.807) is 4.90 Å². The zero-order chi connectivity index (χ0) is 15.1. The number of aliphatic carboxylic acids is 1. The normalized spacial score (nSPS) is 20.0. The quantitative estimate of drug-likeness (QED) is 0.514. The highest BCUT2D eigenvalue weighted by molar-refractivity contribution is 6.18. The summed E-state index contributed by atoms with van der Waals surface area (Å²) in [5, 5.41) is 11.3. The first-order valence-corrected chi connectivity index (χ1v) is 7.31. The van der Waals surface area contributed by atoms with Crippen LogP contribution in [0.25, 0.3) is 0 Å². The van der Waals surface area contributed by atoms with E-state index in [1.807, 2.05) is 0 Å². The summed E-state index contributed by atoms with van der Waals surface area (Å²) in [6.07, 6.45) is 2.25. The molecule has 0 aromatic carbocycles. The van der Waals surface area contributed by atoms with E-state index in [2.05, 4.69) is 5.32 Å². The van der Waals surface area contributed by atoms with E-state index in [9.17, 15) is 14.4 Å². The van der Waals surface area contributed by atoms with Crippen LogP contribution in [0.15, 0.2) is 0 Å². The molecule has 2 atom stereocenters. The van der Waals surface area contributed by atoms with E-state index in [-0.39, 0.29) is 17.7 Å². The third-order valence-corrected chi connectivity index (χ3v) is 3.80. The lowest BCUT2D eigenvalue weighted by Crippen LogP contribution is -2.39. The Kier molecular flexibility index (Phi) is 6.78. The maximum absolute atomic E-state index is 11.6. The van der Waals surface area contributed by atoms with E-state index in [4.69, 9.17) is 16.7 Å². The number of carbonyl (C=O) groups excluding carboxylic acids is 2. The first-order chi connectivity index (χ1) is 9.43. The lowest BCUT2D eigenvalue weighted by molar-refractivity contribution is -0.141. The second-order valence-electron chi connectivity index (χ2n) is 5.15. The molecule has 114 valence electrons. The number of hydrogen-bond donors (Lipinski definition) is 2. The Hall–Kier alpha value is -1.30. The topological polar surface area (TPSA) is 86.7 Å². The van der Waals surface area contributed by atoms with Crippen LogP contribution in [-0.2, 0) is 14.4 Å². The minimum absolute atomic E-state index is 0.118. The van der Waals surface area contributed by atoms with Crippen LogP contribution in [0.5, 0.6) is 0 Å². The average Bonchev–Trinajstić information content (AvgIpc) is 2.73. The van der Waals surface area contributed by atoms with E-state index < -0.39 is 12.0 Å². The summed E-state index contributed by atoms with van der Waals surface area (Å²) in [5.41, 5.74) is 0. The third-order valence-electron chi connectivity index (χ3n) is 3.36. The van der Waals surface area contributed by atoms with Crippen LogP contribution in [-0.4, -0.2) is 52.8 Å². The smallest absolute Gasteiger partial charge is 0.326 e. The monoisotopic (exact) mass is 304 g/mol. The maximum atomic E-state index is 11.6. The largest absolute Gasteiger partial charge is 0.480 e. The molecule has 2 amide bonds. The molecule has 0 aliphatic carbocycles. The fourth-order valence-corrected chi connectivity index (χ4v) is 2.53. The lowest BCUT2D eigenvalue weighted by atomic mass is 10.1. The minimum atomic E-state index is -1.03. The number of nitrogens with zero attached hydrogens (tertiary/aromatic N) is 1. The molecule has 1 saturated heterocycles. The fraction of sp³-hybridized carbons (Fsp3) is 0.769. The molecule has 0 aromatic rings. The van der Waals surface area contributed by atoms with Gasteiger partial charge in [-0.2, -0.15) is 0 Å². The van der Waals surface area contributed by atoms with Crippen molar-refractivity contribution in [2.45, 2.75) is 38.6 Å². The molecule has 7 heteroatoms. The van der Waals surface area contributed by atoms with Gasteiger partial charge >= 0.3 is 5.97 Å². The van der Waals surface area contributed by atoms with Crippen molar-refractivity contribution >= 4 is 29.4 Å². The zero-order valence-corrected chi connectivity index (χ0v) is 12.4. The number of hydrogen-bond acceptors (Lipinski definition) is 3. The van der Waals surface area contributed by atoms with Crippen molar-refractivity contribution in [3.63, 3.8) is 0 Å². The molecule has 1 fully saturated rings. The number of amides is 2. The number of halogens is 1. The maximum Gasteiger partial charge on any atom is 0.326 e. The standard InChI is InChI=1S/C13H21ClN2O4/c1-9(17)15-11(13(19)20)4-2-3-5-16-8-10(7-14)6-12(16)18/h10-11H,2-8H2,1H3,(H,15,17)(H,19,20)/t10?,11-/m0/s1. The van der Waals surface area contributed by atoms with Crippen molar-refractivity contribution in [1.29, 1.82) is 0 Å². The molecule has 1 aliphatic heterocycles. The van der Waals surface area contributed by atoms with Gasteiger partial charge in [0, 0.05) is 32.3 Å². The van der Waals surface area contributed by atoms with Crippen LogP contribution in [0.2, 0.25) is 0 Å². The Labute approximate surface area is 123 Å². The van der Waals surface area contributed by atoms with Crippen LogP contribution < -0.4 is 5.32 Å². The number of alkyl halides is 1. The highest BCUT2D eigenvalue weighted by atomic mass is 35.5. The predicted octanol–water partition coefficient (Wildman–Crippen LogP) is 0.833. The molecule has 0 spiro atoms. The molecule has 6 nitrogen and oxygen atoms in total. The summed E-state index contributed by atoms with van der Waals surface area (Å²) in [7, 11) is 0. The minimum Gasteiger partial charge on any atom is -0.480 e. The van der Waals surface area contributed by atoms with Gasteiger partial charge in [-0.15, -0.1) is 11.6 Å². The summed E-state index contributed by atoms with van der Waals surface area (Å²) < 4.78 is 0. The van der Waals surface area contributed by atoms with Crippen molar-refractivity contribution < 1.29 is 19.5 Å². The van der Waals surface area contributed by atoms with Gasteiger partial charge in [-0.3, -0.25) is 9.59 Å². The SMILES string of the molecule is CC(=O)N[C@@H](CCCCN1CC(CCl)CC1=O)C(=O)O. The second-order valence-corrected chi connectivity index (χ2v) is 5.46. The van der Waals surface area contributed by atoms with E-state index in [1.165, 1.54) is 6.92 Å². The highest BCUT2D eigenvalue weighted by Crippen LogP contribution is 2.19. The molecule has 0 aromatic heterocycles. The molecule has 1 heterocycles. The zero-order valence-electron chi connectivity index (χ0n) is 11.6. The van der Waals surface area contributed by atoms with E-state index in [0.717, 1.165) is 6.42 Å². The molecule has 2 N–H and O–H groups in total. The Morgan fingerprint density at radius 3 is 2.70 bits per heavy atom. The number of unbranched alkanes of at least 4 members (excludes halogenated alkanes) is 1.